The molecule has 5 heteroatoms. The van der Waals surface area contributed by atoms with E-state index in [4.69, 9.17) is 15.4 Å². The Hall–Kier alpha value is 0.200. The van der Waals surface area contributed by atoms with Gasteiger partial charge >= 0.3 is 0 Å². The second-order valence-electron chi connectivity index (χ2n) is 2.21. The molecule has 0 fully saturated rings. The minimum atomic E-state index is -3.36. The van der Waals surface area contributed by atoms with E-state index in [0.29, 0.717) is 6.61 Å². The molecule has 0 aliphatic heterocycles. The van der Waals surface area contributed by atoms with Crippen molar-refractivity contribution in [3.8, 4) is 0 Å². The highest BCUT2D eigenvalue weighted by Gasteiger charge is 2.03. The summed E-state index contributed by atoms with van der Waals surface area (Å²) in [7, 11) is 1.57. The fourth-order valence-corrected chi connectivity index (χ4v) is 1.01. The molecule has 0 aromatic heterocycles. The van der Waals surface area contributed by atoms with Crippen LogP contribution in [0.3, 0.4) is 0 Å². The van der Waals surface area contributed by atoms with E-state index >= 15 is 0 Å². The maximum Gasteiger partial charge on any atom is 0.234 e. The summed E-state index contributed by atoms with van der Waals surface area (Å²) in [6, 6.07) is 0. The Morgan fingerprint density at radius 1 is 1.36 bits per heavy atom. The van der Waals surface area contributed by atoms with Gasteiger partial charge in [-0.25, -0.2) is 8.42 Å². The first-order valence-electron chi connectivity index (χ1n) is 3.56. The van der Waals surface area contributed by atoms with Crippen LogP contribution >= 0.6 is 10.7 Å². The van der Waals surface area contributed by atoms with E-state index in [-0.39, 0.29) is 12.4 Å². The van der Waals surface area contributed by atoms with Crippen LogP contribution in [0, 0.1) is 0 Å². The van der Waals surface area contributed by atoms with Gasteiger partial charge in [-0.2, -0.15) is 0 Å². The first-order chi connectivity index (χ1) is 5.06. The summed E-state index contributed by atoms with van der Waals surface area (Å²) >= 11 is 0. The van der Waals surface area contributed by atoms with Crippen molar-refractivity contribution < 1.29 is 13.2 Å². The van der Waals surface area contributed by atoms with Crippen molar-refractivity contribution in [2.24, 2.45) is 0 Å². The van der Waals surface area contributed by atoms with Crippen molar-refractivity contribution >= 4 is 19.7 Å². The topological polar surface area (TPSA) is 43.4 Å². The summed E-state index contributed by atoms with van der Waals surface area (Å²) < 4.78 is 25.7. The lowest BCUT2D eigenvalue weighted by atomic mass is 10.4. The van der Waals surface area contributed by atoms with E-state index in [9.17, 15) is 8.42 Å². The maximum atomic E-state index is 10.3. The molecule has 0 unspecified atom stereocenters. The van der Waals surface area contributed by atoms with Gasteiger partial charge in [0.2, 0.25) is 9.05 Å². The summed E-state index contributed by atoms with van der Waals surface area (Å²) in [6.45, 7) is 2.86. The van der Waals surface area contributed by atoms with Crippen LogP contribution in [-0.2, 0) is 13.8 Å². The highest BCUT2D eigenvalue weighted by molar-refractivity contribution is 8.13. The number of hydrogen-bond donors (Lipinski definition) is 0. The Kier molecular flexibility index (Phi) is 5.91. The van der Waals surface area contributed by atoms with Gasteiger partial charge in [-0.15, -0.1) is 0 Å². The highest BCUT2D eigenvalue weighted by atomic mass is 35.7. The average Bonchev–Trinajstić information content (AvgIpc) is 1.85. The Balaban J connectivity index is 3.16. The van der Waals surface area contributed by atoms with Gasteiger partial charge in [-0.1, -0.05) is 13.3 Å². The third-order valence-electron chi connectivity index (χ3n) is 1.11. The number of hydrogen-bond acceptors (Lipinski definition) is 3. The van der Waals surface area contributed by atoms with Gasteiger partial charge in [-0.05, 0) is 6.42 Å². The number of halogens is 1. The fourth-order valence-electron chi connectivity index (χ4n) is 0.507. The zero-order chi connectivity index (χ0) is 8.74. The zero-order valence-corrected chi connectivity index (χ0v) is 8.12. The van der Waals surface area contributed by atoms with Gasteiger partial charge in [0.25, 0.3) is 0 Å². The molecule has 0 atom stereocenters. The van der Waals surface area contributed by atoms with E-state index < -0.39 is 9.05 Å². The molecular formula is C6H13ClO3S. The van der Waals surface area contributed by atoms with Crippen LogP contribution in [0.4, 0.5) is 0 Å². The van der Waals surface area contributed by atoms with Gasteiger partial charge < -0.3 is 4.74 Å². The van der Waals surface area contributed by atoms with E-state index in [0.717, 1.165) is 12.8 Å². The monoisotopic (exact) mass is 200 g/mol. The van der Waals surface area contributed by atoms with Gasteiger partial charge in [0.05, 0.1) is 12.4 Å². The lowest BCUT2D eigenvalue weighted by Gasteiger charge is -1.99. The third-order valence-corrected chi connectivity index (χ3v) is 2.23. The van der Waals surface area contributed by atoms with Crippen LogP contribution in [0.2, 0.25) is 0 Å². The molecule has 0 heterocycles. The molecule has 0 saturated carbocycles. The molecule has 3 nitrogen and oxygen atoms in total. The summed E-state index contributed by atoms with van der Waals surface area (Å²) in [5.74, 6) is -0.0989. The number of ether oxygens (including phenoxy) is 1. The zero-order valence-electron chi connectivity index (χ0n) is 6.55. The normalized spacial score (nSPS) is 11.8. The summed E-state index contributed by atoms with van der Waals surface area (Å²) in [4.78, 5) is 0. The van der Waals surface area contributed by atoms with Crippen molar-refractivity contribution in [2.45, 2.75) is 19.8 Å². The van der Waals surface area contributed by atoms with E-state index in [1.807, 2.05) is 6.92 Å². The van der Waals surface area contributed by atoms with Crippen LogP contribution in [0.1, 0.15) is 19.8 Å². The molecule has 0 aromatic rings. The molecule has 0 aromatic carbocycles. The molecule has 11 heavy (non-hydrogen) atoms. The third kappa shape index (κ3) is 10.2. The predicted molar refractivity (Wildman–Crippen MR) is 45.4 cm³/mol. The molecule has 0 bridgehead atoms. The lowest BCUT2D eigenvalue weighted by molar-refractivity contribution is 0.146. The van der Waals surface area contributed by atoms with Crippen LogP contribution in [0.25, 0.3) is 0 Å². The summed E-state index contributed by atoms with van der Waals surface area (Å²) in [5.41, 5.74) is 0. The first-order valence-corrected chi connectivity index (χ1v) is 6.04. The van der Waals surface area contributed by atoms with Crippen molar-refractivity contribution in [2.75, 3.05) is 19.0 Å². The van der Waals surface area contributed by atoms with E-state index in [2.05, 4.69) is 0 Å². The Morgan fingerprint density at radius 3 is 2.45 bits per heavy atom. The number of unbranched alkanes of at least 4 members (excludes halogenated alkanes) is 1. The molecule has 0 spiro atoms. The van der Waals surface area contributed by atoms with Gasteiger partial charge in [0.15, 0.2) is 0 Å². The van der Waals surface area contributed by atoms with Crippen molar-refractivity contribution in [3.05, 3.63) is 0 Å². The average molecular weight is 201 g/mol. The molecule has 0 aliphatic rings. The largest absolute Gasteiger partial charge is 0.380 e. The van der Waals surface area contributed by atoms with Crippen molar-refractivity contribution in [1.29, 1.82) is 0 Å². The highest BCUT2D eigenvalue weighted by Crippen LogP contribution is 1.96. The molecular weight excluding hydrogens is 188 g/mol. The number of rotatable bonds is 6. The van der Waals surface area contributed by atoms with Gasteiger partial charge in [0.1, 0.15) is 0 Å². The van der Waals surface area contributed by atoms with E-state index in [1.54, 1.807) is 0 Å². The standard InChI is InChI=1S/C6H13ClO3S/c1-2-3-4-10-5-6-11(7,8)9/h2-6H2,1H3. The predicted octanol–water partition coefficient (Wildman–Crippen LogP) is 1.37. The minimum Gasteiger partial charge on any atom is -0.380 e. The van der Waals surface area contributed by atoms with Crippen LogP contribution in [-0.4, -0.2) is 27.4 Å². The second kappa shape index (κ2) is 5.80. The quantitative estimate of drug-likeness (QED) is 0.481. The Morgan fingerprint density at radius 2 is 2.00 bits per heavy atom. The molecule has 0 radical (unpaired) electrons. The van der Waals surface area contributed by atoms with Crippen molar-refractivity contribution in [3.63, 3.8) is 0 Å². The maximum absolute atomic E-state index is 10.3. The van der Waals surface area contributed by atoms with Gasteiger partial charge in [0, 0.05) is 17.3 Å². The molecule has 0 aliphatic carbocycles. The molecule has 0 saturated heterocycles. The summed E-state index contributed by atoms with van der Waals surface area (Å²) in [5, 5.41) is 0. The second-order valence-corrected chi connectivity index (χ2v) is 5.11. The van der Waals surface area contributed by atoms with Crippen LogP contribution < -0.4 is 0 Å². The molecule has 68 valence electrons. The van der Waals surface area contributed by atoms with Crippen LogP contribution in [0.15, 0.2) is 0 Å². The molecule has 0 amide bonds. The van der Waals surface area contributed by atoms with Gasteiger partial charge in [-0.3, -0.25) is 0 Å². The summed E-state index contributed by atoms with van der Waals surface area (Å²) in [6.07, 6.45) is 2.01. The Bertz CT molecular complexity index is 176. The molecule has 0 N–H and O–H groups in total. The van der Waals surface area contributed by atoms with Crippen LogP contribution in [0.5, 0.6) is 0 Å². The fraction of sp³-hybridized carbons (Fsp3) is 1.00. The van der Waals surface area contributed by atoms with E-state index in [1.165, 1.54) is 0 Å². The lowest BCUT2D eigenvalue weighted by Crippen LogP contribution is -2.06. The molecule has 0 rings (SSSR count). The minimum absolute atomic E-state index is 0.0989. The first kappa shape index (κ1) is 11.2. The SMILES string of the molecule is CCCCOCCS(=O)(=O)Cl. The van der Waals surface area contributed by atoms with Crippen molar-refractivity contribution in [1.82, 2.24) is 0 Å². The smallest absolute Gasteiger partial charge is 0.234 e. The Labute approximate surface area is 72.1 Å².